The van der Waals surface area contributed by atoms with Crippen LogP contribution < -0.4 is 4.90 Å². The first-order valence-electron chi connectivity index (χ1n) is 12.2. The van der Waals surface area contributed by atoms with Gasteiger partial charge in [0.05, 0.1) is 5.69 Å². The van der Waals surface area contributed by atoms with Gasteiger partial charge in [-0.1, -0.05) is 13.3 Å². The Morgan fingerprint density at radius 3 is 2.16 bits per heavy atom. The molecule has 0 N–H and O–H groups in total. The summed E-state index contributed by atoms with van der Waals surface area (Å²) in [5, 5.41) is 1.09. The highest BCUT2D eigenvalue weighted by Crippen LogP contribution is 2.35. The van der Waals surface area contributed by atoms with Crippen molar-refractivity contribution in [3.05, 3.63) is 10.6 Å². The maximum atomic E-state index is 13.1. The number of carbonyl (C=O) groups is 2. The van der Waals surface area contributed by atoms with E-state index in [1.807, 2.05) is 0 Å². The van der Waals surface area contributed by atoms with Gasteiger partial charge in [0.2, 0.25) is 11.8 Å². The van der Waals surface area contributed by atoms with Crippen molar-refractivity contribution in [1.82, 2.24) is 19.7 Å². The van der Waals surface area contributed by atoms with E-state index >= 15 is 0 Å². The molecule has 4 aliphatic rings. The molecule has 5 rings (SSSR count). The molecule has 1 aromatic heterocycles. The second-order valence-electron chi connectivity index (χ2n) is 9.51. The number of likely N-dealkylation sites (N-methyl/N-ethyl adjacent to an activating group) is 1. The van der Waals surface area contributed by atoms with Crippen LogP contribution in [0.4, 0.5) is 5.13 Å². The van der Waals surface area contributed by atoms with Crippen molar-refractivity contribution in [2.45, 2.75) is 45.4 Å². The highest BCUT2D eigenvalue weighted by atomic mass is 32.1. The monoisotopic (exact) mass is 445 g/mol. The summed E-state index contributed by atoms with van der Waals surface area (Å²) < 4.78 is 0. The van der Waals surface area contributed by atoms with Gasteiger partial charge in [0.25, 0.3) is 0 Å². The Balaban J connectivity index is 1.16. The molecule has 2 saturated heterocycles. The minimum Gasteiger partial charge on any atom is -0.345 e. The van der Waals surface area contributed by atoms with Crippen molar-refractivity contribution in [2.75, 3.05) is 63.8 Å². The van der Waals surface area contributed by atoms with Crippen molar-refractivity contribution < 1.29 is 9.59 Å². The second-order valence-corrected chi connectivity index (χ2v) is 10.6. The second kappa shape index (κ2) is 9.06. The van der Waals surface area contributed by atoms with Gasteiger partial charge in [0.1, 0.15) is 0 Å². The highest BCUT2D eigenvalue weighted by molar-refractivity contribution is 7.15. The Bertz CT molecular complexity index is 807. The summed E-state index contributed by atoms with van der Waals surface area (Å²) in [4.78, 5) is 40.7. The van der Waals surface area contributed by atoms with Crippen LogP contribution in [0.5, 0.6) is 0 Å². The molecule has 3 heterocycles. The number of rotatable bonds is 4. The van der Waals surface area contributed by atoms with Crippen molar-refractivity contribution in [1.29, 1.82) is 0 Å². The first-order valence-corrected chi connectivity index (χ1v) is 13.0. The quantitative estimate of drug-likeness (QED) is 0.708. The predicted molar refractivity (Wildman–Crippen MR) is 122 cm³/mol. The van der Waals surface area contributed by atoms with Gasteiger partial charge in [-0.15, -0.1) is 11.3 Å². The van der Waals surface area contributed by atoms with Gasteiger partial charge in [-0.05, 0) is 38.6 Å². The zero-order chi connectivity index (χ0) is 21.4. The summed E-state index contributed by atoms with van der Waals surface area (Å²) in [6.07, 6.45) is 6.04. The minimum absolute atomic E-state index is 0.117. The van der Waals surface area contributed by atoms with E-state index in [9.17, 15) is 9.59 Å². The van der Waals surface area contributed by atoms with Gasteiger partial charge in [0.15, 0.2) is 5.13 Å². The molecule has 2 aliphatic carbocycles. The molecule has 3 fully saturated rings. The standard InChI is InChI=1S/C23H35N5O2S/c1-2-25-8-10-26(11-9-25)22(30)18-6-7-19-20(16-18)31-23(24-19)28-14-12-27(13-15-28)21(29)17-4-3-5-17/h17-18H,2-16H2,1H3/t18-/m1/s1. The number of hydrogen-bond acceptors (Lipinski definition) is 6. The van der Waals surface area contributed by atoms with E-state index in [4.69, 9.17) is 4.98 Å². The first-order chi connectivity index (χ1) is 15.1. The lowest BCUT2D eigenvalue weighted by Crippen LogP contribution is -2.51. The number of thiazole rings is 1. The normalized spacial score (nSPS) is 25.3. The average Bonchev–Trinajstić information content (AvgIpc) is 3.21. The Morgan fingerprint density at radius 1 is 0.903 bits per heavy atom. The lowest BCUT2D eigenvalue weighted by atomic mass is 9.84. The zero-order valence-corrected chi connectivity index (χ0v) is 19.5. The Labute approximate surface area is 189 Å². The van der Waals surface area contributed by atoms with Gasteiger partial charge in [-0.25, -0.2) is 4.98 Å². The van der Waals surface area contributed by atoms with E-state index in [-0.39, 0.29) is 11.8 Å². The number of hydrogen-bond donors (Lipinski definition) is 0. The van der Waals surface area contributed by atoms with Crippen molar-refractivity contribution in [3.63, 3.8) is 0 Å². The number of carbonyl (C=O) groups excluding carboxylic acids is 2. The maximum Gasteiger partial charge on any atom is 0.226 e. The third kappa shape index (κ3) is 4.33. The van der Waals surface area contributed by atoms with E-state index in [1.165, 1.54) is 17.0 Å². The maximum absolute atomic E-state index is 13.1. The molecule has 0 radical (unpaired) electrons. The van der Waals surface area contributed by atoms with Crippen molar-refractivity contribution >= 4 is 28.3 Å². The third-order valence-electron chi connectivity index (χ3n) is 7.73. The van der Waals surface area contributed by atoms with Crippen LogP contribution in [0.2, 0.25) is 0 Å². The summed E-state index contributed by atoms with van der Waals surface area (Å²) in [5.74, 6) is 1.12. The van der Waals surface area contributed by atoms with Crippen LogP contribution >= 0.6 is 11.3 Å². The summed E-state index contributed by atoms with van der Waals surface area (Å²) in [7, 11) is 0. The van der Waals surface area contributed by atoms with Crippen LogP contribution in [0.1, 0.15) is 43.2 Å². The lowest BCUT2D eigenvalue weighted by molar-refractivity contribution is -0.138. The fourth-order valence-corrected chi connectivity index (χ4v) is 6.52. The first kappa shape index (κ1) is 21.2. The molecule has 170 valence electrons. The van der Waals surface area contributed by atoms with Gasteiger partial charge < -0.3 is 19.6 Å². The largest absolute Gasteiger partial charge is 0.345 e. The van der Waals surface area contributed by atoms with Crippen LogP contribution in [0, 0.1) is 11.8 Å². The molecule has 0 bridgehead atoms. The van der Waals surface area contributed by atoms with E-state index in [2.05, 4.69) is 26.5 Å². The molecule has 0 aromatic carbocycles. The molecule has 2 aliphatic heterocycles. The van der Waals surface area contributed by atoms with Gasteiger partial charge in [-0.2, -0.15) is 0 Å². The van der Waals surface area contributed by atoms with Crippen molar-refractivity contribution in [3.8, 4) is 0 Å². The number of piperazine rings is 2. The number of aryl methyl sites for hydroxylation is 1. The number of amides is 2. The van der Waals surface area contributed by atoms with Crippen LogP contribution in [0.3, 0.4) is 0 Å². The topological polar surface area (TPSA) is 60.0 Å². The van der Waals surface area contributed by atoms with Gasteiger partial charge in [-0.3, -0.25) is 9.59 Å². The molecule has 1 aromatic rings. The fourth-order valence-electron chi connectivity index (χ4n) is 5.28. The molecular weight excluding hydrogens is 410 g/mol. The fraction of sp³-hybridized carbons (Fsp3) is 0.783. The predicted octanol–water partition coefficient (Wildman–Crippen LogP) is 1.86. The molecule has 1 atom stereocenters. The molecule has 0 spiro atoms. The smallest absolute Gasteiger partial charge is 0.226 e. The number of aromatic nitrogens is 1. The van der Waals surface area contributed by atoms with Crippen LogP contribution in [-0.2, 0) is 22.4 Å². The Kier molecular flexibility index (Phi) is 6.19. The molecule has 31 heavy (non-hydrogen) atoms. The summed E-state index contributed by atoms with van der Waals surface area (Å²) in [6.45, 7) is 10.4. The SMILES string of the molecule is CCN1CCN(C(=O)[C@@H]2CCc3nc(N4CCN(C(=O)C5CCC5)CC4)sc3C2)CC1. The average molecular weight is 446 g/mol. The molecule has 8 heteroatoms. The molecule has 7 nitrogen and oxygen atoms in total. The van der Waals surface area contributed by atoms with E-state index in [0.29, 0.717) is 11.8 Å². The van der Waals surface area contributed by atoms with E-state index < -0.39 is 0 Å². The number of nitrogens with zero attached hydrogens (tertiary/aromatic N) is 5. The molecule has 0 unspecified atom stereocenters. The van der Waals surface area contributed by atoms with E-state index in [0.717, 1.165) is 96.1 Å². The van der Waals surface area contributed by atoms with Gasteiger partial charge in [0, 0.05) is 69.1 Å². The molecule has 2 amide bonds. The summed E-state index contributed by atoms with van der Waals surface area (Å²) in [6, 6.07) is 0. The van der Waals surface area contributed by atoms with Crippen LogP contribution in [0.25, 0.3) is 0 Å². The highest BCUT2D eigenvalue weighted by Gasteiger charge is 2.34. The molecular formula is C23H35N5O2S. The third-order valence-corrected chi connectivity index (χ3v) is 8.91. The van der Waals surface area contributed by atoms with Crippen LogP contribution in [-0.4, -0.2) is 90.4 Å². The Morgan fingerprint density at radius 2 is 1.55 bits per heavy atom. The lowest BCUT2D eigenvalue weighted by Gasteiger charge is -2.38. The zero-order valence-electron chi connectivity index (χ0n) is 18.7. The van der Waals surface area contributed by atoms with Gasteiger partial charge >= 0.3 is 0 Å². The molecule has 1 saturated carbocycles. The minimum atomic E-state index is 0.117. The summed E-state index contributed by atoms with van der Waals surface area (Å²) in [5.41, 5.74) is 1.20. The number of fused-ring (bicyclic) bond motifs is 1. The Hall–Kier alpha value is -1.67. The summed E-state index contributed by atoms with van der Waals surface area (Å²) >= 11 is 1.78. The number of anilines is 1. The van der Waals surface area contributed by atoms with Crippen LogP contribution in [0.15, 0.2) is 0 Å². The van der Waals surface area contributed by atoms with E-state index in [1.54, 1.807) is 11.3 Å². The van der Waals surface area contributed by atoms with Crippen molar-refractivity contribution in [2.24, 2.45) is 11.8 Å².